The Bertz CT molecular complexity index is 1480. The summed E-state index contributed by atoms with van der Waals surface area (Å²) in [6, 6.07) is 10.5. The third kappa shape index (κ3) is 11.8. The van der Waals surface area contributed by atoms with Gasteiger partial charge in [-0.1, -0.05) is 53.7 Å². The summed E-state index contributed by atoms with van der Waals surface area (Å²) in [5.41, 5.74) is 1.07. The Labute approximate surface area is 304 Å². The molecule has 0 atom stereocenters. The summed E-state index contributed by atoms with van der Waals surface area (Å²) in [7, 11) is -8.09. The van der Waals surface area contributed by atoms with E-state index in [1.165, 1.54) is 8.61 Å². The molecule has 0 radical (unpaired) electrons. The van der Waals surface area contributed by atoms with Crippen LogP contribution in [0.25, 0.3) is 0 Å². The summed E-state index contributed by atoms with van der Waals surface area (Å²) in [6.45, 7) is 14.1. The Kier molecular flexibility index (Phi) is 15.1. The molecule has 0 amide bonds. The van der Waals surface area contributed by atoms with E-state index in [0.29, 0.717) is 0 Å². The zero-order chi connectivity index (χ0) is 37.1. The molecule has 5 rings (SSSR count). The number of nitrogens with zero attached hydrogens (tertiary/aromatic N) is 2. The number of hydrogen-bond acceptors (Lipinski definition) is 11. The molecule has 0 spiro atoms. The fraction of sp³-hybridized carbons (Fsp3) is 0.667. The lowest BCUT2D eigenvalue weighted by Gasteiger charge is -2.26. The van der Waals surface area contributed by atoms with Gasteiger partial charge in [0.2, 0.25) is 20.0 Å². The molecule has 288 valence electrons. The number of sulfonamides is 2. The molecular weight excluding hydrogens is 701 g/mol. The van der Waals surface area contributed by atoms with Crippen molar-refractivity contribution in [2.45, 2.75) is 62.2 Å². The molecule has 15 heteroatoms. The molecule has 3 heterocycles. The van der Waals surface area contributed by atoms with Crippen LogP contribution in [0.3, 0.4) is 0 Å². The van der Waals surface area contributed by atoms with Gasteiger partial charge in [0.05, 0.1) is 66.1 Å². The molecule has 2 aromatic rings. The highest BCUT2D eigenvalue weighted by molar-refractivity contribution is 7.89. The first-order chi connectivity index (χ1) is 24.1. The van der Waals surface area contributed by atoms with E-state index in [9.17, 15) is 16.8 Å². The van der Waals surface area contributed by atoms with E-state index < -0.39 is 20.0 Å². The van der Waals surface area contributed by atoms with Crippen LogP contribution >= 0.6 is 0 Å². The summed E-state index contributed by atoms with van der Waals surface area (Å²) < 4.78 is 101. The summed E-state index contributed by atoms with van der Waals surface area (Å²) in [5, 5.41) is 0. The first-order valence-electron chi connectivity index (χ1n) is 17.6. The Balaban J connectivity index is 1.69. The number of benzene rings is 2. The highest BCUT2D eigenvalue weighted by Crippen LogP contribution is 2.34. The second-order valence-corrected chi connectivity index (χ2v) is 18.2. The molecule has 3 aliphatic rings. The first kappa shape index (κ1) is 41.4. The van der Waals surface area contributed by atoms with E-state index >= 15 is 0 Å². The number of ether oxygens (including phenoxy) is 7. The number of hydrogen-bond donors (Lipinski definition) is 0. The Morgan fingerprint density at radius 1 is 0.451 bits per heavy atom. The van der Waals surface area contributed by atoms with Gasteiger partial charge in [-0.05, 0) is 46.2 Å². The third-order valence-electron chi connectivity index (χ3n) is 8.51. The number of fused-ring (bicyclic) bond motifs is 20. The van der Waals surface area contributed by atoms with E-state index in [-0.39, 0.29) is 138 Å². The molecule has 0 N–H and O–H groups in total. The quantitative estimate of drug-likeness (QED) is 0.363. The average molecular weight is 757 g/mol. The van der Waals surface area contributed by atoms with Gasteiger partial charge in [0, 0.05) is 26.2 Å². The van der Waals surface area contributed by atoms with E-state index in [2.05, 4.69) is 0 Å². The fourth-order valence-corrected chi connectivity index (χ4v) is 8.54. The Hall–Kier alpha value is -2.34. The largest absolute Gasteiger partial charge is 0.490 e. The second kappa shape index (κ2) is 18.6. The van der Waals surface area contributed by atoms with Crippen LogP contribution in [0.5, 0.6) is 11.5 Å². The van der Waals surface area contributed by atoms with Crippen LogP contribution in [0.4, 0.5) is 0 Å². The monoisotopic (exact) mass is 756 g/mol. The smallest absolute Gasteiger partial charge is 0.246 e. The van der Waals surface area contributed by atoms with Crippen molar-refractivity contribution in [3.05, 3.63) is 47.5 Å². The Morgan fingerprint density at radius 3 is 1.06 bits per heavy atom. The van der Waals surface area contributed by atoms with Gasteiger partial charge in [0.25, 0.3) is 0 Å². The highest BCUT2D eigenvalue weighted by Gasteiger charge is 2.31. The maximum Gasteiger partial charge on any atom is 0.246 e. The fourth-order valence-electron chi connectivity index (χ4n) is 5.41. The van der Waals surface area contributed by atoms with Gasteiger partial charge in [-0.25, -0.2) is 16.8 Å². The van der Waals surface area contributed by atoms with Crippen molar-refractivity contribution >= 4 is 20.0 Å². The second-order valence-electron chi connectivity index (χ2n) is 14.4. The van der Waals surface area contributed by atoms with E-state index in [1.54, 1.807) is 24.3 Å². The maximum atomic E-state index is 14.3. The zero-order valence-corrected chi connectivity index (χ0v) is 32.6. The van der Waals surface area contributed by atoms with E-state index in [1.807, 2.05) is 53.7 Å². The van der Waals surface area contributed by atoms with Gasteiger partial charge in [-0.3, -0.25) is 0 Å². The zero-order valence-electron chi connectivity index (χ0n) is 31.0. The molecule has 0 saturated carbocycles. The summed E-state index contributed by atoms with van der Waals surface area (Å²) in [6.07, 6.45) is 0. The van der Waals surface area contributed by atoms with Crippen molar-refractivity contribution < 1.29 is 50.0 Å². The lowest BCUT2D eigenvalue weighted by Crippen LogP contribution is -2.38. The third-order valence-corrected chi connectivity index (χ3v) is 12.3. The van der Waals surface area contributed by atoms with E-state index in [0.717, 1.165) is 11.1 Å². The van der Waals surface area contributed by atoms with Crippen molar-refractivity contribution in [3.63, 3.8) is 0 Å². The van der Waals surface area contributed by atoms with Crippen LogP contribution < -0.4 is 9.47 Å². The molecule has 2 aromatic carbocycles. The van der Waals surface area contributed by atoms with Crippen LogP contribution in [-0.4, -0.2) is 131 Å². The Morgan fingerprint density at radius 2 is 0.745 bits per heavy atom. The minimum Gasteiger partial charge on any atom is -0.490 e. The van der Waals surface area contributed by atoms with Gasteiger partial charge < -0.3 is 33.2 Å². The minimum atomic E-state index is -4.05. The average Bonchev–Trinajstić information content (AvgIpc) is 3.06. The van der Waals surface area contributed by atoms with Crippen molar-refractivity contribution in [1.29, 1.82) is 0 Å². The molecule has 1 fully saturated rings. The van der Waals surface area contributed by atoms with Crippen LogP contribution in [0.1, 0.15) is 52.7 Å². The van der Waals surface area contributed by atoms with Gasteiger partial charge >= 0.3 is 0 Å². The van der Waals surface area contributed by atoms with Crippen LogP contribution in [0.15, 0.2) is 46.2 Å². The van der Waals surface area contributed by atoms with Crippen molar-refractivity contribution in [2.24, 2.45) is 0 Å². The molecule has 0 aromatic heterocycles. The van der Waals surface area contributed by atoms with Gasteiger partial charge in [-0.2, -0.15) is 8.61 Å². The van der Waals surface area contributed by atoms with Gasteiger partial charge in [0.1, 0.15) is 34.5 Å². The molecule has 0 aliphatic carbocycles. The molecule has 3 aliphatic heterocycles. The molecule has 2 bridgehead atoms. The topological polar surface area (TPSA) is 139 Å². The lowest BCUT2D eigenvalue weighted by atomic mass is 9.87. The molecule has 51 heavy (non-hydrogen) atoms. The number of rotatable bonds is 0. The standard InChI is InChI=1S/C36H56N2O11S2/c1-35(2,3)29-7-9-31-33(27-29)50(39,40)37-11-15-43-19-21-45-17-13-38(14-18-46-22-20-44-16-12-37)51(41,42)34-28-30(36(4,5)6)8-10-32(34)49-26-24-47-23-25-48-31/h7-10,27-28H,11-26H2,1-6H3. The summed E-state index contributed by atoms with van der Waals surface area (Å²) in [4.78, 5) is 0.116. The predicted molar refractivity (Wildman–Crippen MR) is 193 cm³/mol. The van der Waals surface area contributed by atoms with E-state index in [4.69, 9.17) is 33.2 Å². The van der Waals surface area contributed by atoms with Crippen molar-refractivity contribution in [3.8, 4) is 11.5 Å². The highest BCUT2D eigenvalue weighted by atomic mass is 32.2. The minimum absolute atomic E-state index is 0.0578. The van der Waals surface area contributed by atoms with Crippen LogP contribution in [0, 0.1) is 0 Å². The molecule has 0 unspecified atom stereocenters. The predicted octanol–water partition coefficient (Wildman–Crippen LogP) is 3.83. The first-order valence-corrected chi connectivity index (χ1v) is 20.4. The van der Waals surface area contributed by atoms with Crippen molar-refractivity contribution in [1.82, 2.24) is 8.61 Å². The lowest BCUT2D eigenvalue weighted by molar-refractivity contribution is 0.0238. The normalized spacial score (nSPS) is 24.0. The molecule has 1 saturated heterocycles. The summed E-state index contributed by atoms with van der Waals surface area (Å²) in [5.74, 6) is 0.429. The SMILES string of the molecule is CC(C)(C)c1ccc2c(c1)S(=O)(=O)N1CCOCCOCCN(CCOCCOCC1)S(=O)(=O)c1cc(C(C)(C)C)ccc1OCCOCCO2. The van der Waals surface area contributed by atoms with Gasteiger partial charge in [0.15, 0.2) is 0 Å². The molecular formula is C36H56N2O11S2. The van der Waals surface area contributed by atoms with Crippen LogP contribution in [-0.2, 0) is 54.6 Å². The molecule has 13 nitrogen and oxygen atoms in total. The van der Waals surface area contributed by atoms with Gasteiger partial charge in [-0.15, -0.1) is 0 Å². The summed E-state index contributed by atoms with van der Waals surface area (Å²) >= 11 is 0. The maximum absolute atomic E-state index is 14.3. The van der Waals surface area contributed by atoms with Crippen molar-refractivity contribution in [2.75, 3.05) is 105 Å². The van der Waals surface area contributed by atoms with Crippen LogP contribution in [0.2, 0.25) is 0 Å².